The smallest absolute Gasteiger partial charge is 0.322 e. The molecule has 8 heteroatoms. The summed E-state index contributed by atoms with van der Waals surface area (Å²) in [6, 6.07) is 26.7. The summed E-state index contributed by atoms with van der Waals surface area (Å²) in [6.45, 7) is 2.34. The highest BCUT2D eigenvalue weighted by Gasteiger charge is 2.36. The van der Waals surface area contributed by atoms with E-state index in [0.29, 0.717) is 23.4 Å². The maximum Gasteiger partial charge on any atom is 0.322 e. The lowest BCUT2D eigenvalue weighted by Gasteiger charge is -2.31. The van der Waals surface area contributed by atoms with Crippen molar-refractivity contribution in [3.8, 4) is 17.3 Å². The normalized spacial score (nSPS) is 14.3. The molecule has 0 unspecified atom stereocenters. The number of aryl methyl sites for hydroxylation is 1. The van der Waals surface area contributed by atoms with Crippen LogP contribution in [0.3, 0.4) is 0 Å². The summed E-state index contributed by atoms with van der Waals surface area (Å²) in [5, 5.41) is 8.01. The van der Waals surface area contributed by atoms with Crippen LogP contribution in [0.15, 0.2) is 97.2 Å². The van der Waals surface area contributed by atoms with E-state index < -0.39 is 6.04 Å². The molecule has 7 nitrogen and oxygen atoms in total. The summed E-state index contributed by atoms with van der Waals surface area (Å²) in [6.07, 6.45) is 2.67. The van der Waals surface area contributed by atoms with E-state index in [1.54, 1.807) is 24.1 Å². The zero-order valence-corrected chi connectivity index (χ0v) is 21.7. The van der Waals surface area contributed by atoms with E-state index in [9.17, 15) is 9.18 Å². The topological polar surface area (TPSA) is 64.3 Å². The van der Waals surface area contributed by atoms with Gasteiger partial charge in [-0.3, -0.25) is 0 Å². The molecular formula is C31H28FN5O2. The first-order valence-corrected chi connectivity index (χ1v) is 12.9. The molecule has 0 fully saturated rings. The van der Waals surface area contributed by atoms with E-state index in [2.05, 4.69) is 16.8 Å². The second-order valence-corrected chi connectivity index (χ2v) is 9.40. The molecule has 39 heavy (non-hydrogen) atoms. The van der Waals surface area contributed by atoms with Crippen molar-refractivity contribution < 1.29 is 13.9 Å². The van der Waals surface area contributed by atoms with Gasteiger partial charge in [-0.1, -0.05) is 43.3 Å². The number of rotatable bonds is 5. The van der Waals surface area contributed by atoms with Crippen LogP contribution in [-0.4, -0.2) is 32.4 Å². The van der Waals surface area contributed by atoms with Crippen LogP contribution >= 0.6 is 0 Å². The van der Waals surface area contributed by atoms with E-state index >= 15 is 0 Å². The average Bonchev–Trinajstić information content (AvgIpc) is 3.54. The minimum absolute atomic E-state index is 0.282. The van der Waals surface area contributed by atoms with Gasteiger partial charge < -0.3 is 19.5 Å². The summed E-state index contributed by atoms with van der Waals surface area (Å²) in [5.74, 6) is 1.15. The van der Waals surface area contributed by atoms with Gasteiger partial charge in [-0.15, -0.1) is 0 Å². The molecule has 6 rings (SSSR count). The van der Waals surface area contributed by atoms with Gasteiger partial charge in [-0.25, -0.2) is 13.9 Å². The van der Waals surface area contributed by atoms with Gasteiger partial charge in [-0.05, 0) is 60.5 Å². The molecule has 0 saturated carbocycles. The largest absolute Gasteiger partial charge is 0.497 e. The third-order valence-corrected chi connectivity index (χ3v) is 7.05. The standard InChI is InChI=1S/C31H28FN5O2/c1-3-27-26-20-36(31(38)33-23-12-8-15-25(19-23)39-2)29(21-10-7-11-22(32)18-21)28-16-9-17-35(28)30(26)37(34-27)24-13-5-4-6-14-24/h4-19,29H,3,20H2,1-2H3,(H,33,38)/t29-/m1/s1. The van der Waals surface area contributed by atoms with E-state index in [0.717, 1.165) is 28.5 Å². The molecule has 2 amide bonds. The van der Waals surface area contributed by atoms with Gasteiger partial charge in [0.2, 0.25) is 0 Å². The molecule has 1 atom stereocenters. The fraction of sp³-hybridized carbons (Fsp3) is 0.161. The number of carbonyl (C=O) groups excluding carboxylic acids is 1. The molecule has 0 radical (unpaired) electrons. The molecule has 0 spiro atoms. The minimum Gasteiger partial charge on any atom is -0.497 e. The highest BCUT2D eigenvalue weighted by atomic mass is 19.1. The van der Waals surface area contributed by atoms with Crippen LogP contribution < -0.4 is 10.1 Å². The van der Waals surface area contributed by atoms with Crippen molar-refractivity contribution in [3.63, 3.8) is 0 Å². The van der Waals surface area contributed by atoms with Crippen molar-refractivity contribution in [1.82, 2.24) is 19.2 Å². The Balaban J connectivity index is 1.54. The fourth-order valence-corrected chi connectivity index (χ4v) is 5.27. The second-order valence-electron chi connectivity index (χ2n) is 9.40. The minimum atomic E-state index is -0.553. The van der Waals surface area contributed by atoms with Crippen molar-refractivity contribution >= 4 is 11.7 Å². The monoisotopic (exact) mass is 521 g/mol. The predicted octanol–water partition coefficient (Wildman–Crippen LogP) is 6.51. The first-order valence-electron chi connectivity index (χ1n) is 12.9. The summed E-state index contributed by atoms with van der Waals surface area (Å²) >= 11 is 0. The van der Waals surface area contributed by atoms with Gasteiger partial charge in [0.25, 0.3) is 0 Å². The lowest BCUT2D eigenvalue weighted by atomic mass is 10.0. The number of para-hydroxylation sites is 1. The SMILES string of the molecule is CCc1nn(-c2ccccc2)c2c1CN(C(=O)Nc1cccc(OC)c1)[C@H](c1cccc(F)c1)c1cccn1-2. The van der Waals surface area contributed by atoms with Crippen molar-refractivity contribution in [2.24, 2.45) is 0 Å². The Morgan fingerprint density at radius 2 is 1.85 bits per heavy atom. The van der Waals surface area contributed by atoms with Crippen molar-refractivity contribution in [2.45, 2.75) is 25.9 Å². The molecular weight excluding hydrogens is 493 g/mol. The number of carbonyl (C=O) groups is 1. The number of ether oxygens (including phenoxy) is 1. The summed E-state index contributed by atoms with van der Waals surface area (Å²) in [7, 11) is 1.59. The van der Waals surface area contributed by atoms with Crippen molar-refractivity contribution in [2.75, 3.05) is 12.4 Å². The molecule has 1 aliphatic rings. The number of amides is 2. The van der Waals surface area contributed by atoms with Gasteiger partial charge in [0, 0.05) is 23.5 Å². The number of anilines is 1. The average molecular weight is 522 g/mol. The fourth-order valence-electron chi connectivity index (χ4n) is 5.27. The predicted molar refractivity (Wildman–Crippen MR) is 148 cm³/mol. The van der Waals surface area contributed by atoms with Crippen molar-refractivity contribution in [3.05, 3.63) is 126 Å². The van der Waals surface area contributed by atoms with Gasteiger partial charge in [0.1, 0.15) is 17.4 Å². The van der Waals surface area contributed by atoms with E-state index in [1.165, 1.54) is 12.1 Å². The Bertz CT molecular complexity index is 1640. The highest BCUT2D eigenvalue weighted by molar-refractivity contribution is 5.90. The number of urea groups is 1. The van der Waals surface area contributed by atoms with Crippen LogP contribution in [0.2, 0.25) is 0 Å². The third kappa shape index (κ3) is 4.44. The highest BCUT2D eigenvalue weighted by Crippen LogP contribution is 2.39. The van der Waals surface area contributed by atoms with Crippen LogP contribution in [-0.2, 0) is 13.0 Å². The summed E-state index contributed by atoms with van der Waals surface area (Å²) in [5.41, 5.74) is 4.88. The van der Waals surface area contributed by atoms with Crippen LogP contribution in [0.1, 0.15) is 35.5 Å². The molecule has 1 N–H and O–H groups in total. The van der Waals surface area contributed by atoms with Gasteiger partial charge in [-0.2, -0.15) is 5.10 Å². The number of halogens is 1. The number of benzene rings is 3. The first kappa shape index (κ1) is 24.5. The van der Waals surface area contributed by atoms with E-state index in [-0.39, 0.29) is 18.4 Å². The van der Waals surface area contributed by atoms with E-state index in [4.69, 9.17) is 9.84 Å². The molecule has 196 valence electrons. The number of nitrogens with one attached hydrogen (secondary N) is 1. The molecule has 0 bridgehead atoms. The third-order valence-electron chi connectivity index (χ3n) is 7.05. The summed E-state index contributed by atoms with van der Waals surface area (Å²) in [4.78, 5) is 15.8. The van der Waals surface area contributed by atoms with Crippen LogP contribution in [0.5, 0.6) is 5.75 Å². The molecule has 5 aromatic rings. The molecule has 2 aromatic heterocycles. The molecule has 3 aromatic carbocycles. The van der Waals surface area contributed by atoms with Gasteiger partial charge in [0.15, 0.2) is 0 Å². The van der Waals surface area contributed by atoms with Crippen LogP contribution in [0, 0.1) is 5.82 Å². The molecule has 0 aliphatic carbocycles. The van der Waals surface area contributed by atoms with Crippen LogP contribution in [0.4, 0.5) is 14.9 Å². The lowest BCUT2D eigenvalue weighted by molar-refractivity contribution is 0.194. The number of aromatic nitrogens is 3. The number of hydrogen-bond donors (Lipinski definition) is 1. The second kappa shape index (κ2) is 10.1. The Morgan fingerprint density at radius 1 is 1.03 bits per heavy atom. The molecule has 3 heterocycles. The zero-order chi connectivity index (χ0) is 26.9. The Hall–Kier alpha value is -4.85. The summed E-state index contributed by atoms with van der Waals surface area (Å²) < 4.78 is 23.9. The van der Waals surface area contributed by atoms with Gasteiger partial charge in [0.05, 0.1) is 36.8 Å². The zero-order valence-electron chi connectivity index (χ0n) is 21.7. The maximum atomic E-state index is 14.5. The number of nitrogens with zero attached hydrogens (tertiary/aromatic N) is 4. The van der Waals surface area contributed by atoms with Crippen LogP contribution in [0.25, 0.3) is 11.5 Å². The van der Waals surface area contributed by atoms with Gasteiger partial charge >= 0.3 is 6.03 Å². The number of hydrogen-bond acceptors (Lipinski definition) is 3. The quantitative estimate of drug-likeness (QED) is 0.287. The Labute approximate surface area is 226 Å². The number of fused-ring (bicyclic) bond motifs is 3. The Morgan fingerprint density at radius 3 is 2.62 bits per heavy atom. The lowest BCUT2D eigenvalue weighted by Crippen LogP contribution is -2.38. The Kier molecular flexibility index (Phi) is 6.36. The molecule has 0 saturated heterocycles. The molecule has 1 aliphatic heterocycles. The van der Waals surface area contributed by atoms with Crippen molar-refractivity contribution in [1.29, 1.82) is 0 Å². The van der Waals surface area contributed by atoms with E-state index in [1.807, 2.05) is 77.6 Å². The maximum absolute atomic E-state index is 14.5. The number of methoxy groups -OCH3 is 1. The first-order chi connectivity index (χ1) is 19.1.